The van der Waals surface area contributed by atoms with Gasteiger partial charge in [-0.25, -0.2) is 0 Å². The molecule has 0 spiro atoms. The Labute approximate surface area is 169 Å². The second-order valence-corrected chi connectivity index (χ2v) is 7.56. The van der Waals surface area contributed by atoms with Gasteiger partial charge in [-0.3, -0.25) is 0 Å². The quantitative estimate of drug-likeness (QED) is 0.389. The molecule has 0 N–H and O–H groups in total. The summed E-state index contributed by atoms with van der Waals surface area (Å²) < 4.78 is 1.31. The van der Waals surface area contributed by atoms with Gasteiger partial charge in [0, 0.05) is 3.58 Å². The van der Waals surface area contributed by atoms with Crippen molar-refractivity contribution in [1.29, 1.82) is 0 Å². The van der Waals surface area contributed by atoms with Crippen LogP contribution in [0, 0.1) is 0 Å². The van der Waals surface area contributed by atoms with Gasteiger partial charge in [0.25, 0.3) is 0 Å². The van der Waals surface area contributed by atoms with Gasteiger partial charge in [-0.15, -0.1) is 0 Å². The van der Waals surface area contributed by atoms with Gasteiger partial charge in [-0.2, -0.15) is 0 Å². The van der Waals surface area contributed by atoms with Crippen molar-refractivity contribution in [3.05, 3.63) is 105 Å². The van der Waals surface area contributed by atoms with Crippen LogP contribution in [-0.2, 0) is 0 Å². The summed E-state index contributed by atoms with van der Waals surface area (Å²) in [6.07, 6.45) is 19.3. The van der Waals surface area contributed by atoms with Crippen molar-refractivity contribution in [3.8, 4) is 0 Å². The van der Waals surface area contributed by atoms with Gasteiger partial charge in [0.15, 0.2) is 0 Å². The van der Waals surface area contributed by atoms with E-state index in [1.807, 2.05) is 6.08 Å². The van der Waals surface area contributed by atoms with Gasteiger partial charge in [-0.05, 0) is 80.8 Å². The van der Waals surface area contributed by atoms with Crippen LogP contribution in [0.2, 0.25) is 0 Å². The van der Waals surface area contributed by atoms with Crippen LogP contribution < -0.4 is 10.4 Å². The highest BCUT2D eigenvalue weighted by Gasteiger charge is 2.00. The van der Waals surface area contributed by atoms with E-state index in [4.69, 9.17) is 0 Å². The highest BCUT2D eigenvalue weighted by Crippen LogP contribution is 2.22. The highest BCUT2D eigenvalue weighted by molar-refractivity contribution is 14.1. The van der Waals surface area contributed by atoms with Crippen molar-refractivity contribution >= 4 is 45.5 Å². The number of halogens is 1. The normalized spacial score (nSPS) is 17.8. The first kappa shape index (κ1) is 18.7. The molecule has 0 saturated carbocycles. The molecule has 0 atom stereocenters. The molecule has 1 aliphatic carbocycles. The molecule has 0 aromatic heterocycles. The second-order valence-electron chi connectivity index (χ2n) is 6.31. The smallest absolute Gasteiger partial charge is 0.00934 e. The van der Waals surface area contributed by atoms with Crippen molar-refractivity contribution in [1.82, 2.24) is 0 Å². The standard InChI is InChI=1S/C25H23I/c1-3-7-19(18-20-11-16-23(26)17-12-20)10-13-22-15-14-21-8-5-6-9-25(21)24(22)4-2/h3-9,11,13-18H,1,10,12H2,2H3/b19-7-,20-18-,22-13-,24-4+. The average molecular weight is 450 g/mol. The van der Waals surface area contributed by atoms with Crippen LogP contribution in [0.25, 0.3) is 22.9 Å². The van der Waals surface area contributed by atoms with Crippen LogP contribution in [0.1, 0.15) is 19.8 Å². The molecular formula is C25H23I. The minimum atomic E-state index is 0.892. The first-order valence-corrected chi connectivity index (χ1v) is 9.99. The minimum Gasteiger partial charge on any atom is -0.0991 e. The summed E-state index contributed by atoms with van der Waals surface area (Å²) in [6.45, 7) is 5.99. The summed E-state index contributed by atoms with van der Waals surface area (Å²) in [5, 5.41) is 5.19. The average Bonchev–Trinajstić information content (AvgIpc) is 2.67. The van der Waals surface area contributed by atoms with E-state index in [9.17, 15) is 0 Å². The molecule has 1 aliphatic rings. The first-order chi connectivity index (χ1) is 12.7. The fourth-order valence-electron chi connectivity index (χ4n) is 3.25. The lowest BCUT2D eigenvalue weighted by Gasteiger charge is -2.06. The number of benzene rings is 2. The molecule has 0 radical (unpaired) electrons. The summed E-state index contributed by atoms with van der Waals surface area (Å²) in [4.78, 5) is 0. The maximum atomic E-state index is 3.88. The van der Waals surface area contributed by atoms with Gasteiger partial charge < -0.3 is 0 Å². The number of allylic oxidation sites excluding steroid dienone is 9. The monoisotopic (exact) mass is 450 g/mol. The predicted molar refractivity (Wildman–Crippen MR) is 125 cm³/mol. The molecule has 0 heterocycles. The first-order valence-electron chi connectivity index (χ1n) is 8.91. The molecule has 0 amide bonds. The summed E-state index contributed by atoms with van der Waals surface area (Å²) in [7, 11) is 0. The van der Waals surface area contributed by atoms with Gasteiger partial charge in [0.2, 0.25) is 0 Å². The third kappa shape index (κ3) is 4.53. The molecule has 0 aliphatic heterocycles. The van der Waals surface area contributed by atoms with Gasteiger partial charge in [0.1, 0.15) is 0 Å². The lowest BCUT2D eigenvalue weighted by Crippen LogP contribution is -2.24. The number of fused-ring (bicyclic) bond motifs is 1. The fourth-order valence-corrected chi connectivity index (χ4v) is 3.65. The largest absolute Gasteiger partial charge is 0.0991 e. The van der Waals surface area contributed by atoms with Crippen LogP contribution in [0.5, 0.6) is 0 Å². The van der Waals surface area contributed by atoms with E-state index in [0.717, 1.165) is 12.8 Å². The number of hydrogen-bond acceptors (Lipinski definition) is 0. The molecule has 2 aromatic rings. The zero-order chi connectivity index (χ0) is 18.4. The molecule has 3 rings (SSSR count). The van der Waals surface area contributed by atoms with Crippen LogP contribution >= 0.6 is 22.6 Å². The van der Waals surface area contributed by atoms with Gasteiger partial charge in [0.05, 0.1) is 0 Å². The third-order valence-corrected chi connectivity index (χ3v) is 5.34. The maximum absolute atomic E-state index is 3.88. The second kappa shape index (κ2) is 9.00. The Kier molecular flexibility index (Phi) is 6.45. The van der Waals surface area contributed by atoms with E-state index in [-0.39, 0.29) is 0 Å². The summed E-state index contributed by atoms with van der Waals surface area (Å²) in [6, 6.07) is 13.0. The molecule has 0 bridgehead atoms. The topological polar surface area (TPSA) is 0 Å². The molecule has 0 fully saturated rings. The fraction of sp³-hybridized carbons (Fsp3) is 0.120. The molecule has 2 aromatic carbocycles. The number of hydrogen-bond donors (Lipinski definition) is 0. The van der Waals surface area contributed by atoms with E-state index < -0.39 is 0 Å². The lowest BCUT2D eigenvalue weighted by molar-refractivity contribution is 1.23. The molecule has 1 heteroatoms. The van der Waals surface area contributed by atoms with Crippen LogP contribution in [0.4, 0.5) is 0 Å². The predicted octanol–water partition coefficient (Wildman–Crippen LogP) is 6.13. The van der Waals surface area contributed by atoms with E-state index in [1.165, 1.54) is 35.9 Å². The summed E-state index contributed by atoms with van der Waals surface area (Å²) in [5.41, 5.74) is 2.62. The van der Waals surface area contributed by atoms with E-state index >= 15 is 0 Å². The van der Waals surface area contributed by atoms with E-state index in [0.29, 0.717) is 0 Å². The Balaban J connectivity index is 1.96. The third-order valence-electron chi connectivity index (χ3n) is 4.54. The van der Waals surface area contributed by atoms with Crippen molar-refractivity contribution in [2.75, 3.05) is 0 Å². The molecule has 130 valence electrons. The molecule has 0 unspecified atom stereocenters. The Morgan fingerprint density at radius 2 is 2.00 bits per heavy atom. The molecule has 26 heavy (non-hydrogen) atoms. The summed E-state index contributed by atoms with van der Waals surface area (Å²) in [5.74, 6) is 0. The Morgan fingerprint density at radius 3 is 2.73 bits per heavy atom. The SMILES string of the molecule is C=C/C=C(\C=C1\C=CC(I)=CC1)C/C=c1/ccc2ccccc2/c1=C/C. The highest BCUT2D eigenvalue weighted by atomic mass is 127. The van der Waals surface area contributed by atoms with E-state index in [2.05, 4.69) is 115 Å². The zero-order valence-corrected chi connectivity index (χ0v) is 17.2. The zero-order valence-electron chi connectivity index (χ0n) is 15.1. The van der Waals surface area contributed by atoms with Crippen molar-refractivity contribution in [2.24, 2.45) is 0 Å². The van der Waals surface area contributed by atoms with Gasteiger partial charge >= 0.3 is 0 Å². The Bertz CT molecular complexity index is 1060. The maximum Gasteiger partial charge on any atom is 0.00934 e. The number of rotatable bonds is 4. The Morgan fingerprint density at radius 1 is 1.15 bits per heavy atom. The van der Waals surface area contributed by atoms with E-state index in [1.54, 1.807) is 0 Å². The lowest BCUT2D eigenvalue weighted by atomic mass is 10.0. The van der Waals surface area contributed by atoms with Crippen LogP contribution in [-0.4, -0.2) is 0 Å². The van der Waals surface area contributed by atoms with Gasteiger partial charge in [-0.1, -0.05) is 85.5 Å². The van der Waals surface area contributed by atoms with Crippen LogP contribution in [0.15, 0.2) is 94.2 Å². The van der Waals surface area contributed by atoms with Crippen molar-refractivity contribution in [3.63, 3.8) is 0 Å². The molecule has 0 saturated heterocycles. The molecular weight excluding hydrogens is 427 g/mol. The van der Waals surface area contributed by atoms with Crippen LogP contribution in [0.3, 0.4) is 0 Å². The molecule has 0 nitrogen and oxygen atoms in total. The summed E-state index contributed by atoms with van der Waals surface area (Å²) >= 11 is 2.36. The minimum absolute atomic E-state index is 0.892. The Hall–Kier alpha value is -2.13. The van der Waals surface area contributed by atoms with Crippen molar-refractivity contribution < 1.29 is 0 Å². The van der Waals surface area contributed by atoms with Crippen molar-refractivity contribution in [2.45, 2.75) is 19.8 Å².